The van der Waals surface area contributed by atoms with E-state index in [1.807, 2.05) is 0 Å². The van der Waals surface area contributed by atoms with Gasteiger partial charge in [0.1, 0.15) is 0 Å². The van der Waals surface area contributed by atoms with Crippen molar-refractivity contribution in [3.05, 3.63) is 5.89 Å². The van der Waals surface area contributed by atoms with Crippen LogP contribution in [0.5, 0.6) is 0 Å². The first-order chi connectivity index (χ1) is 6.26. The van der Waals surface area contributed by atoms with Gasteiger partial charge in [0.25, 0.3) is 5.22 Å². The van der Waals surface area contributed by atoms with Gasteiger partial charge in [-0.2, -0.15) is 0 Å². The Balaban J connectivity index is 2.36. The molecule has 0 aromatic carbocycles. The molecule has 1 unspecified atom stereocenters. The number of nitrogens with two attached hydrogens (primary N) is 1. The van der Waals surface area contributed by atoms with Gasteiger partial charge in [0.05, 0.1) is 6.54 Å². The molecule has 1 heterocycles. The van der Waals surface area contributed by atoms with Gasteiger partial charge in [-0.15, -0.1) is 10.2 Å². The molecule has 0 saturated heterocycles. The summed E-state index contributed by atoms with van der Waals surface area (Å²) in [5.74, 6) is 2.20. The van der Waals surface area contributed by atoms with Crippen LogP contribution in [0.4, 0.5) is 0 Å². The molecule has 2 N–H and O–H groups in total. The Morgan fingerprint density at radius 2 is 2.31 bits per heavy atom. The van der Waals surface area contributed by atoms with E-state index in [0.717, 1.165) is 5.75 Å². The Morgan fingerprint density at radius 1 is 1.54 bits per heavy atom. The average Bonchev–Trinajstić information content (AvgIpc) is 2.61. The second-order valence-electron chi connectivity index (χ2n) is 2.99. The maximum Gasteiger partial charge on any atom is 0.276 e. The molecule has 0 aliphatic carbocycles. The van der Waals surface area contributed by atoms with Gasteiger partial charge in [-0.25, -0.2) is 0 Å². The fourth-order valence-corrected chi connectivity index (χ4v) is 1.63. The summed E-state index contributed by atoms with van der Waals surface area (Å²) in [5, 5.41) is 8.26. The number of nitrogens with zero attached hydrogens (tertiary/aromatic N) is 2. The minimum Gasteiger partial charge on any atom is -0.415 e. The van der Waals surface area contributed by atoms with Crippen molar-refractivity contribution in [2.75, 3.05) is 5.75 Å². The second-order valence-corrected chi connectivity index (χ2v) is 3.96. The lowest BCUT2D eigenvalue weighted by Gasteiger charge is -2.03. The number of thioether (sulfide) groups is 1. The van der Waals surface area contributed by atoms with Crippen LogP contribution in [0.15, 0.2) is 9.64 Å². The number of rotatable bonds is 5. The maximum atomic E-state index is 5.34. The Kier molecular flexibility index (Phi) is 4.24. The molecule has 4 nitrogen and oxygen atoms in total. The van der Waals surface area contributed by atoms with Crippen molar-refractivity contribution < 1.29 is 4.42 Å². The third-order valence-corrected chi connectivity index (χ3v) is 2.96. The first kappa shape index (κ1) is 10.5. The minimum atomic E-state index is 0.316. The average molecular weight is 201 g/mol. The minimum absolute atomic E-state index is 0.316. The van der Waals surface area contributed by atoms with Gasteiger partial charge >= 0.3 is 0 Å². The van der Waals surface area contributed by atoms with E-state index >= 15 is 0 Å². The number of hydrogen-bond acceptors (Lipinski definition) is 5. The molecule has 0 radical (unpaired) electrons. The van der Waals surface area contributed by atoms with Crippen molar-refractivity contribution in [3.8, 4) is 0 Å². The number of aromatic nitrogens is 2. The molecule has 0 spiro atoms. The quantitative estimate of drug-likeness (QED) is 0.734. The molecule has 1 rings (SSSR count). The predicted octanol–water partition coefficient (Wildman–Crippen LogP) is 1.67. The standard InChI is InChI=1S/C8H15N3OS/c1-3-6(2)5-13-8-11-10-7(4-9)12-8/h6H,3-5,9H2,1-2H3. The van der Waals surface area contributed by atoms with Crippen LogP contribution in [-0.4, -0.2) is 16.0 Å². The highest BCUT2D eigenvalue weighted by molar-refractivity contribution is 7.99. The Hall–Kier alpha value is -0.550. The molecule has 0 bridgehead atoms. The van der Waals surface area contributed by atoms with Gasteiger partial charge in [-0.3, -0.25) is 0 Å². The maximum absolute atomic E-state index is 5.34. The fraction of sp³-hybridized carbons (Fsp3) is 0.750. The van der Waals surface area contributed by atoms with E-state index in [1.54, 1.807) is 11.8 Å². The van der Waals surface area contributed by atoms with Gasteiger partial charge in [-0.1, -0.05) is 32.0 Å². The van der Waals surface area contributed by atoms with Crippen LogP contribution >= 0.6 is 11.8 Å². The van der Waals surface area contributed by atoms with E-state index < -0.39 is 0 Å². The van der Waals surface area contributed by atoms with Crippen molar-refractivity contribution in [2.24, 2.45) is 11.7 Å². The number of hydrogen-bond donors (Lipinski definition) is 1. The van der Waals surface area contributed by atoms with Gasteiger partial charge in [0.2, 0.25) is 5.89 Å². The summed E-state index contributed by atoms with van der Waals surface area (Å²) in [5.41, 5.74) is 5.34. The SMILES string of the molecule is CCC(C)CSc1nnc(CN)o1. The lowest BCUT2D eigenvalue weighted by molar-refractivity contribution is 0.414. The lowest BCUT2D eigenvalue weighted by Crippen LogP contribution is -1.95. The summed E-state index contributed by atoms with van der Waals surface area (Å²) in [7, 11) is 0. The molecular formula is C8H15N3OS. The Bertz CT molecular complexity index is 251. The molecule has 0 saturated carbocycles. The van der Waals surface area contributed by atoms with Gasteiger partial charge < -0.3 is 10.2 Å². The third kappa shape index (κ3) is 3.36. The van der Waals surface area contributed by atoms with Crippen LogP contribution in [0, 0.1) is 5.92 Å². The molecule has 0 amide bonds. The normalized spacial score (nSPS) is 13.2. The summed E-state index contributed by atoms with van der Waals surface area (Å²) < 4.78 is 5.24. The molecule has 0 aliphatic heterocycles. The van der Waals surface area contributed by atoms with Gasteiger partial charge in [0, 0.05) is 5.75 Å². The zero-order chi connectivity index (χ0) is 9.68. The lowest BCUT2D eigenvalue weighted by atomic mass is 10.2. The van der Waals surface area contributed by atoms with Crippen LogP contribution in [-0.2, 0) is 6.54 Å². The van der Waals surface area contributed by atoms with E-state index in [9.17, 15) is 0 Å². The van der Waals surface area contributed by atoms with Gasteiger partial charge in [0.15, 0.2) is 0 Å². The monoisotopic (exact) mass is 201 g/mol. The first-order valence-electron chi connectivity index (χ1n) is 4.41. The molecule has 5 heteroatoms. The highest BCUT2D eigenvalue weighted by Crippen LogP contribution is 2.20. The molecule has 0 aliphatic rings. The highest BCUT2D eigenvalue weighted by Gasteiger charge is 2.06. The van der Waals surface area contributed by atoms with Crippen LogP contribution < -0.4 is 5.73 Å². The van der Waals surface area contributed by atoms with Crippen LogP contribution in [0.2, 0.25) is 0 Å². The van der Waals surface area contributed by atoms with Gasteiger partial charge in [-0.05, 0) is 5.92 Å². The van der Waals surface area contributed by atoms with Crippen molar-refractivity contribution >= 4 is 11.8 Å². The van der Waals surface area contributed by atoms with E-state index in [4.69, 9.17) is 10.2 Å². The van der Waals surface area contributed by atoms with Crippen molar-refractivity contribution in [2.45, 2.75) is 32.0 Å². The molecule has 1 aromatic heterocycles. The Morgan fingerprint density at radius 3 is 2.85 bits per heavy atom. The van der Waals surface area contributed by atoms with Crippen LogP contribution in [0.25, 0.3) is 0 Å². The summed E-state index contributed by atoms with van der Waals surface area (Å²) in [6, 6.07) is 0. The molecule has 74 valence electrons. The van der Waals surface area contributed by atoms with E-state index in [-0.39, 0.29) is 0 Å². The van der Waals surface area contributed by atoms with E-state index in [2.05, 4.69) is 24.0 Å². The third-order valence-electron chi connectivity index (χ3n) is 1.81. The largest absolute Gasteiger partial charge is 0.415 e. The van der Waals surface area contributed by atoms with Crippen LogP contribution in [0.3, 0.4) is 0 Å². The highest BCUT2D eigenvalue weighted by atomic mass is 32.2. The molecular weight excluding hydrogens is 186 g/mol. The predicted molar refractivity (Wildman–Crippen MR) is 52.4 cm³/mol. The smallest absolute Gasteiger partial charge is 0.276 e. The summed E-state index contributed by atoms with van der Waals surface area (Å²) in [6.07, 6.45) is 1.17. The van der Waals surface area contributed by atoms with Crippen molar-refractivity contribution in [1.29, 1.82) is 0 Å². The first-order valence-corrected chi connectivity index (χ1v) is 5.40. The summed E-state index contributed by atoms with van der Waals surface area (Å²) >= 11 is 1.59. The van der Waals surface area contributed by atoms with Crippen molar-refractivity contribution in [3.63, 3.8) is 0 Å². The van der Waals surface area contributed by atoms with Crippen molar-refractivity contribution in [1.82, 2.24) is 10.2 Å². The molecule has 1 aromatic rings. The topological polar surface area (TPSA) is 64.9 Å². The zero-order valence-corrected chi connectivity index (χ0v) is 8.80. The van der Waals surface area contributed by atoms with Crippen LogP contribution in [0.1, 0.15) is 26.2 Å². The molecule has 0 fully saturated rings. The fourth-order valence-electron chi connectivity index (χ4n) is 0.710. The summed E-state index contributed by atoms with van der Waals surface area (Å²) in [6.45, 7) is 4.69. The zero-order valence-electron chi connectivity index (χ0n) is 7.99. The Labute approximate surface area is 82.3 Å². The molecule has 13 heavy (non-hydrogen) atoms. The van der Waals surface area contributed by atoms with E-state index in [1.165, 1.54) is 6.42 Å². The summed E-state index contributed by atoms with van der Waals surface area (Å²) in [4.78, 5) is 0. The second kappa shape index (κ2) is 5.24. The van der Waals surface area contributed by atoms with E-state index in [0.29, 0.717) is 23.6 Å². The molecule has 1 atom stereocenters.